The van der Waals surface area contributed by atoms with E-state index in [2.05, 4.69) is 5.10 Å². The molecule has 176 valence electrons. The van der Waals surface area contributed by atoms with Crippen molar-refractivity contribution in [3.05, 3.63) is 40.5 Å². The molecule has 3 aliphatic carbocycles. The minimum atomic E-state index is -2.28. The lowest BCUT2D eigenvalue weighted by molar-refractivity contribution is -0.143. The number of rotatable bonds is 5. The minimum absolute atomic E-state index is 0.00798. The van der Waals surface area contributed by atoms with E-state index in [9.17, 15) is 18.4 Å². The number of hydrogen-bond donors (Lipinski definition) is 1. The summed E-state index contributed by atoms with van der Waals surface area (Å²) in [4.78, 5) is 27.4. The van der Waals surface area contributed by atoms with Gasteiger partial charge in [-0.15, -0.1) is 0 Å². The van der Waals surface area contributed by atoms with Gasteiger partial charge < -0.3 is 10.6 Å². The Labute approximate surface area is 196 Å². The molecule has 0 unspecified atom stereocenters. The Morgan fingerprint density at radius 2 is 1.82 bits per heavy atom. The van der Waals surface area contributed by atoms with Gasteiger partial charge in [0.1, 0.15) is 5.69 Å². The number of amides is 2. The molecule has 2 N–H and O–H groups in total. The largest absolute Gasteiger partial charge is 0.365 e. The fourth-order valence-electron chi connectivity index (χ4n) is 5.94. The van der Waals surface area contributed by atoms with Crippen LogP contribution in [0.2, 0.25) is 5.02 Å². The average Bonchev–Trinajstić information content (AvgIpc) is 3.19. The highest BCUT2D eigenvalue weighted by Crippen LogP contribution is 2.60. The average molecular weight is 477 g/mol. The Morgan fingerprint density at radius 1 is 1.12 bits per heavy atom. The highest BCUT2D eigenvalue weighted by atomic mass is 35.5. The van der Waals surface area contributed by atoms with Crippen molar-refractivity contribution in [2.75, 3.05) is 6.54 Å². The van der Waals surface area contributed by atoms with Gasteiger partial charge >= 0.3 is 0 Å². The monoisotopic (exact) mass is 476 g/mol. The van der Waals surface area contributed by atoms with Gasteiger partial charge in [0.2, 0.25) is 12.3 Å². The normalized spacial score (nSPS) is 26.5. The third-order valence-electron chi connectivity index (χ3n) is 8.13. The van der Waals surface area contributed by atoms with E-state index in [1.54, 1.807) is 27.8 Å². The summed E-state index contributed by atoms with van der Waals surface area (Å²) in [5, 5.41) is 5.13. The predicted octanol–water partition coefficient (Wildman–Crippen LogP) is 4.64. The van der Waals surface area contributed by atoms with Crippen molar-refractivity contribution in [1.82, 2.24) is 14.7 Å². The lowest BCUT2D eigenvalue weighted by atomic mass is 9.53. The third kappa shape index (κ3) is 3.82. The quantitative estimate of drug-likeness (QED) is 0.682. The summed E-state index contributed by atoms with van der Waals surface area (Å²) in [6.07, 6.45) is 1.63. The second kappa shape index (κ2) is 8.08. The molecule has 3 fully saturated rings. The lowest BCUT2D eigenvalue weighted by Gasteiger charge is -2.53. The van der Waals surface area contributed by atoms with Gasteiger partial charge in [0.05, 0.1) is 24.3 Å². The maximum atomic E-state index is 13.5. The van der Waals surface area contributed by atoms with E-state index < -0.39 is 17.7 Å². The molecular weight excluding hydrogens is 450 g/mol. The number of benzene rings is 1. The molecule has 0 atom stereocenters. The van der Waals surface area contributed by atoms with Crippen LogP contribution in [0.5, 0.6) is 0 Å². The molecule has 6 nitrogen and oxygen atoms in total. The van der Waals surface area contributed by atoms with Crippen LogP contribution in [0.4, 0.5) is 8.78 Å². The molecule has 0 radical (unpaired) electrons. The molecule has 0 saturated heterocycles. The van der Waals surface area contributed by atoms with Crippen molar-refractivity contribution in [3.63, 3.8) is 0 Å². The molecular formula is C24H27ClF2N4O2. The van der Waals surface area contributed by atoms with Crippen LogP contribution in [-0.4, -0.2) is 39.5 Å². The molecule has 0 spiro atoms. The maximum absolute atomic E-state index is 13.5. The van der Waals surface area contributed by atoms with Crippen LogP contribution < -0.4 is 5.73 Å². The molecule has 1 aromatic heterocycles. The van der Waals surface area contributed by atoms with E-state index in [-0.39, 0.29) is 17.9 Å². The molecule has 2 aromatic rings. The minimum Gasteiger partial charge on any atom is -0.365 e. The van der Waals surface area contributed by atoms with Crippen LogP contribution in [0, 0.1) is 10.8 Å². The maximum Gasteiger partial charge on any atom is 0.252 e. The number of nitrogens with two attached hydrogens (primary N) is 1. The predicted molar refractivity (Wildman–Crippen MR) is 120 cm³/mol. The lowest BCUT2D eigenvalue weighted by Crippen LogP contribution is -2.48. The molecule has 3 saturated carbocycles. The van der Waals surface area contributed by atoms with Crippen LogP contribution in [0.3, 0.4) is 0 Å². The first-order valence-corrected chi connectivity index (χ1v) is 11.8. The van der Waals surface area contributed by atoms with Crippen molar-refractivity contribution in [2.24, 2.45) is 16.6 Å². The van der Waals surface area contributed by atoms with Gasteiger partial charge in [-0.05, 0) is 56.1 Å². The van der Waals surface area contributed by atoms with E-state index in [4.69, 9.17) is 17.3 Å². The summed E-state index contributed by atoms with van der Waals surface area (Å²) in [5.41, 5.74) is 6.81. The summed E-state index contributed by atoms with van der Waals surface area (Å²) < 4.78 is 28.8. The molecule has 33 heavy (non-hydrogen) atoms. The zero-order valence-electron chi connectivity index (χ0n) is 18.3. The molecule has 1 aliphatic heterocycles. The van der Waals surface area contributed by atoms with Crippen molar-refractivity contribution < 1.29 is 18.4 Å². The molecule has 2 amide bonds. The topological polar surface area (TPSA) is 81.2 Å². The van der Waals surface area contributed by atoms with E-state index in [0.29, 0.717) is 85.6 Å². The van der Waals surface area contributed by atoms with Crippen LogP contribution in [0.1, 0.15) is 61.0 Å². The Bertz CT molecular complexity index is 1090. The molecule has 1 aromatic carbocycles. The van der Waals surface area contributed by atoms with E-state index in [1.807, 2.05) is 6.07 Å². The molecule has 2 heterocycles. The number of aromatic nitrogens is 2. The zero-order valence-corrected chi connectivity index (χ0v) is 19.1. The summed E-state index contributed by atoms with van der Waals surface area (Å²) >= 11 is 6.12. The Morgan fingerprint density at radius 3 is 2.42 bits per heavy atom. The Hall–Kier alpha value is -2.48. The number of carbonyl (C=O) groups is 2. The number of alkyl halides is 2. The highest BCUT2D eigenvalue weighted by molar-refractivity contribution is 6.30. The Balaban J connectivity index is 1.35. The summed E-state index contributed by atoms with van der Waals surface area (Å²) in [5.74, 6) is -0.587. The summed E-state index contributed by atoms with van der Waals surface area (Å²) in [7, 11) is 0. The highest BCUT2D eigenvalue weighted by Gasteiger charge is 2.53. The first-order valence-electron chi connectivity index (χ1n) is 11.4. The van der Waals surface area contributed by atoms with Gasteiger partial charge in [-0.3, -0.25) is 14.3 Å². The standard InChI is InChI=1S/C24H27ClF2N4O2/c25-16-3-1-2-15(12-16)20-19(21(28)33)17-14-30(10-11-31(17)29-20)18(32)13-23-4-7-24(8-5-23,9-6-23)22(26)27/h1-3,12,22H,4-11,13-14H2,(H2,28,33). The molecule has 4 aliphatic rings. The van der Waals surface area contributed by atoms with Gasteiger partial charge in [0.15, 0.2) is 0 Å². The van der Waals surface area contributed by atoms with Crippen molar-refractivity contribution in [1.29, 1.82) is 0 Å². The van der Waals surface area contributed by atoms with Gasteiger partial charge in [0, 0.05) is 29.0 Å². The molecule has 2 bridgehead atoms. The summed E-state index contributed by atoms with van der Waals surface area (Å²) in [6, 6.07) is 7.08. The number of carbonyl (C=O) groups excluding carboxylic acids is 2. The van der Waals surface area contributed by atoms with Crippen molar-refractivity contribution >= 4 is 23.4 Å². The van der Waals surface area contributed by atoms with E-state index in [1.165, 1.54) is 0 Å². The van der Waals surface area contributed by atoms with Crippen LogP contribution in [-0.2, 0) is 17.9 Å². The van der Waals surface area contributed by atoms with Gasteiger partial charge in [-0.25, -0.2) is 8.78 Å². The fourth-order valence-corrected chi connectivity index (χ4v) is 6.14. The van der Waals surface area contributed by atoms with Gasteiger partial charge in [-0.2, -0.15) is 5.10 Å². The smallest absolute Gasteiger partial charge is 0.252 e. The second-order valence-corrected chi connectivity index (χ2v) is 10.4. The number of nitrogens with zero attached hydrogens (tertiary/aromatic N) is 3. The van der Waals surface area contributed by atoms with E-state index >= 15 is 0 Å². The zero-order chi connectivity index (χ0) is 23.4. The number of halogens is 3. The first kappa shape index (κ1) is 22.3. The van der Waals surface area contributed by atoms with E-state index in [0.717, 1.165) is 0 Å². The van der Waals surface area contributed by atoms with Crippen LogP contribution in [0.25, 0.3) is 11.3 Å². The SMILES string of the molecule is NC(=O)c1c(-c2cccc(Cl)c2)nn2c1CN(C(=O)CC13CCC(C(F)F)(CC1)CC3)CC2. The number of primary amides is 1. The van der Waals surface area contributed by atoms with Crippen molar-refractivity contribution in [2.45, 2.75) is 64.5 Å². The third-order valence-corrected chi connectivity index (χ3v) is 8.36. The van der Waals surface area contributed by atoms with Crippen LogP contribution in [0.15, 0.2) is 24.3 Å². The fraction of sp³-hybridized carbons (Fsp3) is 0.542. The second-order valence-electron chi connectivity index (χ2n) is 9.92. The van der Waals surface area contributed by atoms with Crippen LogP contribution >= 0.6 is 11.6 Å². The number of hydrogen-bond acceptors (Lipinski definition) is 3. The molecule has 9 heteroatoms. The van der Waals surface area contributed by atoms with Crippen molar-refractivity contribution in [3.8, 4) is 11.3 Å². The van der Waals surface area contributed by atoms with Gasteiger partial charge in [-0.1, -0.05) is 23.7 Å². The van der Waals surface area contributed by atoms with Gasteiger partial charge in [0.25, 0.3) is 5.91 Å². The summed E-state index contributed by atoms with van der Waals surface area (Å²) in [6.45, 7) is 1.20. The Kier molecular flexibility index (Phi) is 5.46. The first-order chi connectivity index (χ1) is 15.7. The molecule has 6 rings (SSSR count). The number of fused-ring (bicyclic) bond motifs is 4.